The van der Waals surface area contributed by atoms with E-state index in [1.807, 2.05) is 19.1 Å². The van der Waals surface area contributed by atoms with E-state index in [4.69, 9.17) is 0 Å². The summed E-state index contributed by atoms with van der Waals surface area (Å²) in [6.45, 7) is 7.79. The quantitative estimate of drug-likeness (QED) is 0.481. The number of nitrogens with zero attached hydrogens (tertiary/aromatic N) is 3. The normalized spacial score (nSPS) is 11.7. The highest BCUT2D eigenvalue weighted by Gasteiger charge is 2.16. The molecule has 164 valence electrons. The van der Waals surface area contributed by atoms with Gasteiger partial charge >= 0.3 is 0 Å². The zero-order chi connectivity index (χ0) is 23.0. The first-order valence-electron chi connectivity index (χ1n) is 10.3. The van der Waals surface area contributed by atoms with Gasteiger partial charge in [0.1, 0.15) is 11.6 Å². The van der Waals surface area contributed by atoms with Gasteiger partial charge < -0.3 is 10.4 Å². The molecule has 0 radical (unpaired) electrons. The zero-order valence-corrected chi connectivity index (χ0v) is 18.5. The second-order valence-electron chi connectivity index (χ2n) is 8.83. The molecule has 1 amide bonds. The number of hydrogen-bond acceptors (Lipinski definition) is 4. The Morgan fingerprint density at radius 3 is 2.47 bits per heavy atom. The van der Waals surface area contributed by atoms with Crippen molar-refractivity contribution < 1.29 is 14.3 Å². The maximum atomic E-state index is 13.9. The predicted molar refractivity (Wildman–Crippen MR) is 122 cm³/mol. The standard InChI is InChI=1S/C25H25FN4O2/c1-15-11-23-27-22(28-24(32)16-5-8-19(9-6-16)25(2,3)4)13-21(30(23)29-15)17-7-10-20(26)18(12-17)14-31/h5-13,31H,14H2,1-4H3,(H,27,28,32). The number of carbonyl (C=O) groups excluding carboxylic acids is 1. The number of aliphatic hydroxyl groups is 1. The van der Waals surface area contributed by atoms with E-state index in [1.54, 1.807) is 40.9 Å². The van der Waals surface area contributed by atoms with Crippen LogP contribution in [0.25, 0.3) is 16.9 Å². The summed E-state index contributed by atoms with van der Waals surface area (Å²) in [5, 5.41) is 16.8. The van der Waals surface area contributed by atoms with Gasteiger partial charge in [-0.05, 0) is 48.2 Å². The molecule has 2 aromatic heterocycles. The number of aliphatic hydroxyl groups excluding tert-OH is 1. The fraction of sp³-hybridized carbons (Fsp3) is 0.240. The molecule has 0 fully saturated rings. The molecule has 0 bridgehead atoms. The van der Waals surface area contributed by atoms with Crippen LogP contribution in [0.1, 0.15) is 48.0 Å². The molecule has 0 saturated heterocycles. The van der Waals surface area contributed by atoms with Crippen LogP contribution in [0.15, 0.2) is 54.6 Å². The van der Waals surface area contributed by atoms with E-state index in [-0.39, 0.29) is 16.9 Å². The number of anilines is 1. The number of benzene rings is 2. The van der Waals surface area contributed by atoms with Gasteiger partial charge in [0.15, 0.2) is 5.65 Å². The summed E-state index contributed by atoms with van der Waals surface area (Å²) in [5.74, 6) is -0.405. The summed E-state index contributed by atoms with van der Waals surface area (Å²) >= 11 is 0. The third kappa shape index (κ3) is 4.24. The molecule has 0 saturated carbocycles. The van der Waals surface area contributed by atoms with Crippen molar-refractivity contribution in [2.75, 3.05) is 5.32 Å². The van der Waals surface area contributed by atoms with Crippen molar-refractivity contribution in [2.24, 2.45) is 0 Å². The zero-order valence-electron chi connectivity index (χ0n) is 18.5. The SMILES string of the molecule is Cc1cc2nc(NC(=O)c3ccc(C(C)(C)C)cc3)cc(-c3ccc(F)c(CO)c3)n2n1. The van der Waals surface area contributed by atoms with Crippen LogP contribution >= 0.6 is 0 Å². The van der Waals surface area contributed by atoms with Gasteiger partial charge in [-0.25, -0.2) is 13.9 Å². The lowest BCUT2D eigenvalue weighted by Gasteiger charge is -2.19. The van der Waals surface area contributed by atoms with Gasteiger partial charge in [-0.3, -0.25) is 4.79 Å². The number of aryl methyl sites for hydroxylation is 1. The average molecular weight is 432 g/mol. The van der Waals surface area contributed by atoms with Gasteiger partial charge in [-0.1, -0.05) is 32.9 Å². The topological polar surface area (TPSA) is 79.5 Å². The Bertz CT molecular complexity index is 1300. The molecule has 0 aliphatic carbocycles. The van der Waals surface area contributed by atoms with Gasteiger partial charge in [0, 0.05) is 28.8 Å². The first-order valence-corrected chi connectivity index (χ1v) is 10.3. The molecule has 32 heavy (non-hydrogen) atoms. The molecule has 0 atom stereocenters. The molecular formula is C25H25FN4O2. The van der Waals surface area contributed by atoms with Crippen LogP contribution in [0, 0.1) is 12.7 Å². The molecule has 0 aliphatic rings. The Morgan fingerprint density at radius 2 is 1.81 bits per heavy atom. The molecule has 0 unspecified atom stereocenters. The van der Waals surface area contributed by atoms with Crippen LogP contribution in [0.5, 0.6) is 0 Å². The first-order chi connectivity index (χ1) is 15.2. The lowest BCUT2D eigenvalue weighted by Crippen LogP contribution is -2.15. The summed E-state index contributed by atoms with van der Waals surface area (Å²) < 4.78 is 15.5. The van der Waals surface area contributed by atoms with Crippen molar-refractivity contribution in [3.63, 3.8) is 0 Å². The highest BCUT2D eigenvalue weighted by Crippen LogP contribution is 2.26. The Morgan fingerprint density at radius 1 is 1.09 bits per heavy atom. The molecule has 0 aliphatic heterocycles. The van der Waals surface area contributed by atoms with E-state index >= 15 is 0 Å². The van der Waals surface area contributed by atoms with E-state index in [9.17, 15) is 14.3 Å². The van der Waals surface area contributed by atoms with Gasteiger partial charge in [-0.2, -0.15) is 5.10 Å². The van der Waals surface area contributed by atoms with Crippen molar-refractivity contribution >= 4 is 17.4 Å². The van der Waals surface area contributed by atoms with Gasteiger partial charge in [0.05, 0.1) is 18.0 Å². The Hall–Kier alpha value is -3.58. The van der Waals surface area contributed by atoms with E-state index < -0.39 is 12.4 Å². The molecule has 2 heterocycles. The highest BCUT2D eigenvalue weighted by molar-refractivity contribution is 6.04. The number of fused-ring (bicyclic) bond motifs is 1. The number of rotatable bonds is 4. The van der Waals surface area contributed by atoms with Crippen LogP contribution in [-0.4, -0.2) is 25.6 Å². The Labute approximate surface area is 185 Å². The van der Waals surface area contributed by atoms with E-state index in [1.165, 1.54) is 6.07 Å². The number of aromatic nitrogens is 3. The van der Waals surface area contributed by atoms with Crippen molar-refractivity contribution in [2.45, 2.75) is 39.7 Å². The second-order valence-corrected chi connectivity index (χ2v) is 8.83. The third-order valence-electron chi connectivity index (χ3n) is 5.32. The summed E-state index contributed by atoms with van der Waals surface area (Å²) in [5.41, 5.74) is 4.42. The predicted octanol–water partition coefficient (Wildman–Crippen LogP) is 4.89. The van der Waals surface area contributed by atoms with E-state index in [2.05, 4.69) is 36.2 Å². The molecule has 6 nitrogen and oxygen atoms in total. The summed E-state index contributed by atoms with van der Waals surface area (Å²) in [7, 11) is 0. The minimum Gasteiger partial charge on any atom is -0.392 e. The fourth-order valence-electron chi connectivity index (χ4n) is 3.52. The largest absolute Gasteiger partial charge is 0.392 e. The lowest BCUT2D eigenvalue weighted by molar-refractivity contribution is 0.102. The maximum absolute atomic E-state index is 13.9. The van der Waals surface area contributed by atoms with Crippen LogP contribution in [0.4, 0.5) is 10.2 Å². The van der Waals surface area contributed by atoms with E-state index in [0.717, 1.165) is 11.3 Å². The molecular weight excluding hydrogens is 407 g/mol. The van der Waals surface area contributed by atoms with Gasteiger partial charge in [-0.15, -0.1) is 0 Å². The number of halogens is 1. The molecule has 0 spiro atoms. The minimum absolute atomic E-state index is 0.00105. The van der Waals surface area contributed by atoms with E-state index in [0.29, 0.717) is 28.3 Å². The van der Waals surface area contributed by atoms with Crippen LogP contribution in [0.2, 0.25) is 0 Å². The van der Waals surface area contributed by atoms with Crippen LogP contribution < -0.4 is 5.32 Å². The number of hydrogen-bond donors (Lipinski definition) is 2. The minimum atomic E-state index is -0.481. The number of amides is 1. The average Bonchev–Trinajstić information content (AvgIpc) is 3.13. The third-order valence-corrected chi connectivity index (χ3v) is 5.32. The fourth-order valence-corrected chi connectivity index (χ4v) is 3.52. The number of carbonyl (C=O) groups is 1. The van der Waals surface area contributed by atoms with Crippen molar-refractivity contribution in [1.82, 2.24) is 14.6 Å². The summed E-state index contributed by atoms with van der Waals surface area (Å²) in [6, 6.07) is 15.5. The first kappa shape index (κ1) is 21.6. The van der Waals surface area contributed by atoms with Crippen molar-refractivity contribution in [3.8, 4) is 11.3 Å². The summed E-state index contributed by atoms with van der Waals surface area (Å²) in [6.07, 6.45) is 0. The van der Waals surface area contributed by atoms with Gasteiger partial charge in [0.25, 0.3) is 5.91 Å². The van der Waals surface area contributed by atoms with Gasteiger partial charge in [0.2, 0.25) is 0 Å². The molecule has 2 aromatic carbocycles. The summed E-state index contributed by atoms with van der Waals surface area (Å²) in [4.78, 5) is 17.4. The Balaban J connectivity index is 1.72. The highest BCUT2D eigenvalue weighted by atomic mass is 19.1. The lowest BCUT2D eigenvalue weighted by atomic mass is 9.87. The Kier molecular flexibility index (Phi) is 5.52. The van der Waals surface area contributed by atoms with Crippen molar-refractivity contribution in [1.29, 1.82) is 0 Å². The second kappa shape index (κ2) is 8.16. The smallest absolute Gasteiger partial charge is 0.256 e. The van der Waals surface area contributed by atoms with Crippen LogP contribution in [0.3, 0.4) is 0 Å². The maximum Gasteiger partial charge on any atom is 0.256 e. The molecule has 7 heteroatoms. The molecule has 2 N–H and O–H groups in total. The molecule has 4 aromatic rings. The number of nitrogens with one attached hydrogen (secondary N) is 1. The van der Waals surface area contributed by atoms with Crippen molar-refractivity contribution in [3.05, 3.63) is 82.8 Å². The van der Waals surface area contributed by atoms with Crippen LogP contribution in [-0.2, 0) is 12.0 Å². The molecule has 4 rings (SSSR count). The monoisotopic (exact) mass is 432 g/mol.